The Kier molecular flexibility index (Phi) is 5.37. The highest BCUT2D eigenvalue weighted by Gasteiger charge is 2.30. The average molecular weight is 323 g/mol. The quantitative estimate of drug-likeness (QED) is 0.483. The second-order valence-corrected chi connectivity index (χ2v) is 5.85. The van der Waals surface area contributed by atoms with E-state index in [0.29, 0.717) is 5.56 Å². The molecule has 0 saturated heterocycles. The fraction of sp³-hybridized carbons (Fsp3) is 0.438. The molecule has 126 valence electrons. The molecule has 1 heterocycles. The summed E-state index contributed by atoms with van der Waals surface area (Å²) >= 11 is 0. The van der Waals surface area contributed by atoms with Gasteiger partial charge in [-0.2, -0.15) is 0 Å². The molecule has 7 heteroatoms. The number of hydrogen-bond donors (Lipinski definition) is 0. The lowest BCUT2D eigenvalue weighted by atomic mass is 10.1. The van der Waals surface area contributed by atoms with Gasteiger partial charge in [0, 0.05) is 6.20 Å². The fourth-order valence-electron chi connectivity index (χ4n) is 1.96. The van der Waals surface area contributed by atoms with E-state index in [1.165, 1.54) is 20.4 Å². The fourth-order valence-corrected chi connectivity index (χ4v) is 1.96. The first-order valence-electron chi connectivity index (χ1n) is 6.84. The van der Waals surface area contributed by atoms with Crippen LogP contribution < -0.4 is 0 Å². The zero-order valence-corrected chi connectivity index (χ0v) is 14.2. The van der Waals surface area contributed by atoms with Gasteiger partial charge in [0.1, 0.15) is 5.60 Å². The van der Waals surface area contributed by atoms with Gasteiger partial charge in [0.15, 0.2) is 0 Å². The Morgan fingerprint density at radius 2 is 1.70 bits per heavy atom. The molecule has 1 aromatic heterocycles. The first-order valence-corrected chi connectivity index (χ1v) is 6.84. The van der Waals surface area contributed by atoms with Crippen LogP contribution in [0.5, 0.6) is 0 Å². The molecular formula is C16H21NO6. The van der Waals surface area contributed by atoms with Gasteiger partial charge < -0.3 is 14.2 Å². The lowest BCUT2D eigenvalue weighted by molar-refractivity contribution is -0.133. The maximum absolute atomic E-state index is 12.4. The van der Waals surface area contributed by atoms with Crippen molar-refractivity contribution in [3.63, 3.8) is 0 Å². The molecule has 0 unspecified atom stereocenters. The van der Waals surface area contributed by atoms with Crippen LogP contribution in [0.3, 0.4) is 0 Å². The highest BCUT2D eigenvalue weighted by molar-refractivity contribution is 6.18. The van der Waals surface area contributed by atoms with Gasteiger partial charge in [-0.1, -0.05) is 6.58 Å². The number of methoxy groups -OCH3 is 2. The van der Waals surface area contributed by atoms with E-state index >= 15 is 0 Å². The van der Waals surface area contributed by atoms with Crippen LogP contribution in [0.2, 0.25) is 0 Å². The molecule has 0 radical (unpaired) electrons. The van der Waals surface area contributed by atoms with Gasteiger partial charge in [0.2, 0.25) is 0 Å². The standard InChI is InChI=1S/C16H21NO6/c1-9-8-17(15(20)23-16(3,4)5)12(10(2)13(18)21-6)11(9)14(19)22-7/h8H,2H2,1,3-7H3. The van der Waals surface area contributed by atoms with E-state index in [4.69, 9.17) is 9.47 Å². The molecule has 23 heavy (non-hydrogen) atoms. The predicted molar refractivity (Wildman–Crippen MR) is 83.2 cm³/mol. The van der Waals surface area contributed by atoms with E-state index in [0.717, 1.165) is 4.57 Å². The number of carbonyl (C=O) groups is 3. The molecule has 1 rings (SSSR count). The van der Waals surface area contributed by atoms with E-state index in [-0.39, 0.29) is 16.8 Å². The number of esters is 2. The maximum Gasteiger partial charge on any atom is 0.419 e. The molecule has 0 N–H and O–H groups in total. The van der Waals surface area contributed by atoms with Crippen molar-refractivity contribution in [1.29, 1.82) is 0 Å². The Morgan fingerprint density at radius 1 is 1.13 bits per heavy atom. The Bertz CT molecular complexity index is 663. The third-order valence-corrected chi connectivity index (χ3v) is 2.89. The Morgan fingerprint density at radius 3 is 2.13 bits per heavy atom. The molecule has 1 aromatic rings. The highest BCUT2D eigenvalue weighted by Crippen LogP contribution is 2.26. The van der Waals surface area contributed by atoms with Gasteiger partial charge in [-0.15, -0.1) is 0 Å². The Hall–Kier alpha value is -2.57. The first kappa shape index (κ1) is 18.5. The van der Waals surface area contributed by atoms with Crippen LogP contribution in [-0.2, 0) is 19.0 Å². The number of nitrogens with zero attached hydrogens (tertiary/aromatic N) is 1. The number of ether oxygens (including phenoxy) is 3. The van der Waals surface area contributed by atoms with Gasteiger partial charge in [-0.05, 0) is 33.3 Å². The second-order valence-electron chi connectivity index (χ2n) is 5.85. The van der Waals surface area contributed by atoms with Gasteiger partial charge in [0.25, 0.3) is 0 Å². The van der Waals surface area contributed by atoms with Gasteiger partial charge in [-0.25, -0.2) is 14.4 Å². The van der Waals surface area contributed by atoms with Crippen LogP contribution in [0, 0.1) is 6.92 Å². The zero-order valence-electron chi connectivity index (χ0n) is 14.2. The minimum Gasteiger partial charge on any atom is -0.465 e. The number of aryl methyl sites for hydroxylation is 1. The summed E-state index contributed by atoms with van der Waals surface area (Å²) in [5, 5.41) is 0. The average Bonchev–Trinajstić information content (AvgIpc) is 2.80. The predicted octanol–water partition coefficient (Wildman–Crippen LogP) is 2.55. The maximum atomic E-state index is 12.4. The molecule has 0 amide bonds. The molecule has 0 aromatic carbocycles. The summed E-state index contributed by atoms with van der Waals surface area (Å²) < 4.78 is 15.7. The van der Waals surface area contributed by atoms with E-state index in [1.807, 2.05) is 0 Å². The van der Waals surface area contributed by atoms with E-state index in [1.54, 1.807) is 27.7 Å². The first-order chi connectivity index (χ1) is 10.5. The molecule has 0 bridgehead atoms. The third-order valence-electron chi connectivity index (χ3n) is 2.89. The number of hydrogen-bond acceptors (Lipinski definition) is 6. The SMILES string of the molecule is C=C(C(=O)OC)c1c(C(=O)OC)c(C)cn1C(=O)OC(C)(C)C. The van der Waals surface area contributed by atoms with Crippen molar-refractivity contribution >= 4 is 23.6 Å². The topological polar surface area (TPSA) is 83.8 Å². The molecule has 0 aliphatic heterocycles. The summed E-state index contributed by atoms with van der Waals surface area (Å²) in [6, 6.07) is 0. The van der Waals surface area contributed by atoms with Crippen molar-refractivity contribution in [3.05, 3.63) is 29.6 Å². The summed E-state index contributed by atoms with van der Waals surface area (Å²) in [4.78, 5) is 36.2. The van der Waals surface area contributed by atoms with Crippen molar-refractivity contribution in [2.75, 3.05) is 14.2 Å². The number of carbonyl (C=O) groups excluding carboxylic acids is 3. The second kappa shape index (κ2) is 6.68. The lowest BCUT2D eigenvalue weighted by Gasteiger charge is -2.20. The van der Waals surface area contributed by atoms with Crippen LogP contribution in [0.15, 0.2) is 12.8 Å². The van der Waals surface area contributed by atoms with Crippen LogP contribution in [0.4, 0.5) is 4.79 Å². The van der Waals surface area contributed by atoms with Crippen molar-refractivity contribution in [1.82, 2.24) is 4.57 Å². The van der Waals surface area contributed by atoms with Gasteiger partial charge in [0.05, 0.1) is 31.1 Å². The van der Waals surface area contributed by atoms with Crippen molar-refractivity contribution < 1.29 is 28.6 Å². The van der Waals surface area contributed by atoms with Crippen LogP contribution >= 0.6 is 0 Å². The minimum atomic E-state index is -0.766. The number of aromatic nitrogens is 1. The van der Waals surface area contributed by atoms with Gasteiger partial charge >= 0.3 is 18.0 Å². The molecule has 0 saturated carbocycles. The largest absolute Gasteiger partial charge is 0.465 e. The number of rotatable bonds is 3. The third kappa shape index (κ3) is 4.00. The molecule has 0 fully saturated rings. The lowest BCUT2D eigenvalue weighted by Crippen LogP contribution is -2.28. The normalized spacial score (nSPS) is 10.9. The summed E-state index contributed by atoms with van der Waals surface area (Å²) in [5.41, 5.74) is -0.385. The van der Waals surface area contributed by atoms with Crippen molar-refractivity contribution in [3.8, 4) is 0 Å². The molecule has 7 nitrogen and oxygen atoms in total. The smallest absolute Gasteiger partial charge is 0.419 e. The Balaban J connectivity index is 3.53. The minimum absolute atomic E-state index is 0.00421. The molecular weight excluding hydrogens is 302 g/mol. The van der Waals surface area contributed by atoms with Gasteiger partial charge in [-0.3, -0.25) is 4.57 Å². The van der Waals surface area contributed by atoms with E-state index < -0.39 is 23.6 Å². The highest BCUT2D eigenvalue weighted by atomic mass is 16.6. The summed E-state index contributed by atoms with van der Waals surface area (Å²) in [6.45, 7) is 10.3. The Labute approximate surface area is 134 Å². The summed E-state index contributed by atoms with van der Waals surface area (Å²) in [5.74, 6) is -1.46. The zero-order chi connectivity index (χ0) is 17.9. The van der Waals surface area contributed by atoms with Crippen molar-refractivity contribution in [2.24, 2.45) is 0 Å². The molecule has 0 atom stereocenters. The van der Waals surface area contributed by atoms with E-state index in [9.17, 15) is 14.4 Å². The van der Waals surface area contributed by atoms with Crippen molar-refractivity contribution in [2.45, 2.75) is 33.3 Å². The molecule has 0 aliphatic rings. The van der Waals surface area contributed by atoms with Crippen LogP contribution in [0.25, 0.3) is 5.57 Å². The summed E-state index contributed by atoms with van der Waals surface area (Å²) in [7, 11) is 2.39. The van der Waals surface area contributed by atoms with Crippen LogP contribution in [0.1, 0.15) is 42.4 Å². The monoisotopic (exact) mass is 323 g/mol. The molecule has 0 aliphatic carbocycles. The van der Waals surface area contributed by atoms with E-state index in [2.05, 4.69) is 11.3 Å². The molecule has 0 spiro atoms. The van der Waals surface area contributed by atoms with Crippen LogP contribution in [-0.4, -0.2) is 42.4 Å². The summed E-state index contributed by atoms with van der Waals surface area (Å²) in [6.07, 6.45) is 0.653.